The molecule has 1 aliphatic rings. The molecule has 2 unspecified atom stereocenters. The van der Waals surface area contributed by atoms with Gasteiger partial charge in [-0.3, -0.25) is 0 Å². The van der Waals surface area contributed by atoms with Crippen molar-refractivity contribution in [3.63, 3.8) is 0 Å². The molecule has 2 atom stereocenters. The van der Waals surface area contributed by atoms with Gasteiger partial charge in [-0.05, 0) is 18.8 Å². The number of sulfone groups is 1. The van der Waals surface area contributed by atoms with Crippen LogP contribution in [0.25, 0.3) is 0 Å². The number of piperidine rings is 1. The molecule has 116 valence electrons. The summed E-state index contributed by atoms with van der Waals surface area (Å²) in [6.45, 7) is 2.42. The fourth-order valence-electron chi connectivity index (χ4n) is 2.22. The summed E-state index contributed by atoms with van der Waals surface area (Å²) in [5, 5.41) is 9.21. The van der Waals surface area contributed by atoms with E-state index in [-0.39, 0.29) is 18.2 Å². The second-order valence-electron chi connectivity index (χ2n) is 5.51. The lowest BCUT2D eigenvalue weighted by Crippen LogP contribution is -2.54. The molecule has 0 bridgehead atoms. The summed E-state index contributed by atoms with van der Waals surface area (Å²) < 4.78 is 22.2. The molecule has 0 spiro atoms. The Morgan fingerprint density at radius 2 is 2.00 bits per heavy atom. The third-order valence-corrected chi connectivity index (χ3v) is 4.44. The lowest BCUT2D eigenvalue weighted by molar-refractivity contribution is -0.144. The number of aliphatic carboxylic acids is 1. The summed E-state index contributed by atoms with van der Waals surface area (Å²) in [6, 6.07) is -1.25. The molecule has 1 fully saturated rings. The van der Waals surface area contributed by atoms with Crippen LogP contribution in [0.1, 0.15) is 19.8 Å². The number of amides is 2. The Bertz CT molecular complexity index is 476. The highest BCUT2D eigenvalue weighted by molar-refractivity contribution is 7.90. The van der Waals surface area contributed by atoms with Crippen molar-refractivity contribution < 1.29 is 23.1 Å². The Labute approximate surface area is 119 Å². The zero-order valence-electron chi connectivity index (χ0n) is 12.1. The minimum Gasteiger partial charge on any atom is -0.480 e. The van der Waals surface area contributed by atoms with E-state index < -0.39 is 27.9 Å². The summed E-state index contributed by atoms with van der Waals surface area (Å²) in [5.74, 6) is -0.875. The SMILES string of the molecule is CC1CCN(C(=O)N(C)CCS(C)(=O)=O)C(C(=O)O)C1. The van der Waals surface area contributed by atoms with Gasteiger partial charge < -0.3 is 14.9 Å². The Kier molecular flexibility index (Phi) is 5.38. The molecule has 20 heavy (non-hydrogen) atoms. The maximum Gasteiger partial charge on any atom is 0.326 e. The molecule has 0 aromatic carbocycles. The summed E-state index contributed by atoms with van der Waals surface area (Å²) in [5.41, 5.74) is 0. The van der Waals surface area contributed by atoms with Crippen LogP contribution in [-0.4, -0.2) is 73.5 Å². The van der Waals surface area contributed by atoms with Crippen molar-refractivity contribution >= 4 is 21.8 Å². The van der Waals surface area contributed by atoms with E-state index in [0.29, 0.717) is 13.0 Å². The molecule has 0 radical (unpaired) electrons. The number of carbonyl (C=O) groups is 2. The third kappa shape index (κ3) is 4.66. The van der Waals surface area contributed by atoms with Crippen LogP contribution in [0.5, 0.6) is 0 Å². The second kappa shape index (κ2) is 6.43. The van der Waals surface area contributed by atoms with Crippen LogP contribution in [0, 0.1) is 5.92 Å². The molecular weight excluding hydrogens is 284 g/mol. The van der Waals surface area contributed by atoms with Gasteiger partial charge in [0.05, 0.1) is 5.75 Å². The first-order valence-corrected chi connectivity index (χ1v) is 8.60. The van der Waals surface area contributed by atoms with Gasteiger partial charge in [-0.1, -0.05) is 6.92 Å². The van der Waals surface area contributed by atoms with Gasteiger partial charge in [0, 0.05) is 26.4 Å². The van der Waals surface area contributed by atoms with Gasteiger partial charge in [-0.25, -0.2) is 18.0 Å². The fourth-order valence-corrected chi connectivity index (χ4v) is 2.83. The molecule has 1 rings (SSSR count). The first kappa shape index (κ1) is 16.7. The maximum atomic E-state index is 12.2. The van der Waals surface area contributed by atoms with E-state index >= 15 is 0 Å². The highest BCUT2D eigenvalue weighted by atomic mass is 32.2. The molecule has 0 aromatic heterocycles. The van der Waals surface area contributed by atoms with E-state index in [1.165, 1.54) is 16.8 Å². The number of hydrogen-bond acceptors (Lipinski definition) is 4. The topological polar surface area (TPSA) is 95.0 Å². The highest BCUT2D eigenvalue weighted by Crippen LogP contribution is 2.23. The lowest BCUT2D eigenvalue weighted by Gasteiger charge is -2.38. The predicted octanol–water partition coefficient (Wildman–Crippen LogP) is 0.268. The number of nitrogens with zero attached hydrogens (tertiary/aromatic N) is 2. The van der Waals surface area contributed by atoms with Crippen LogP contribution in [-0.2, 0) is 14.6 Å². The molecule has 2 amide bonds. The third-order valence-electron chi connectivity index (χ3n) is 3.52. The van der Waals surface area contributed by atoms with E-state index in [1.54, 1.807) is 0 Å². The molecule has 1 heterocycles. The van der Waals surface area contributed by atoms with Crippen molar-refractivity contribution in [1.29, 1.82) is 0 Å². The van der Waals surface area contributed by atoms with Crippen molar-refractivity contribution in [1.82, 2.24) is 9.80 Å². The standard InChI is InChI=1S/C12H22N2O5S/c1-9-4-5-14(10(8-9)11(15)16)12(17)13(2)6-7-20(3,18)19/h9-10H,4-8H2,1-3H3,(H,15,16). The van der Waals surface area contributed by atoms with Crippen molar-refractivity contribution in [2.24, 2.45) is 5.92 Å². The molecule has 1 saturated heterocycles. The highest BCUT2D eigenvalue weighted by Gasteiger charge is 2.36. The number of rotatable bonds is 4. The molecule has 1 aliphatic heterocycles. The maximum absolute atomic E-state index is 12.2. The molecule has 1 N–H and O–H groups in total. The van der Waals surface area contributed by atoms with Crippen LogP contribution in [0.2, 0.25) is 0 Å². The largest absolute Gasteiger partial charge is 0.480 e. The van der Waals surface area contributed by atoms with Gasteiger partial charge in [-0.15, -0.1) is 0 Å². The van der Waals surface area contributed by atoms with E-state index in [4.69, 9.17) is 0 Å². The van der Waals surface area contributed by atoms with Crippen molar-refractivity contribution in [3.05, 3.63) is 0 Å². The minimum atomic E-state index is -3.15. The molecular formula is C12H22N2O5S. The zero-order valence-corrected chi connectivity index (χ0v) is 12.9. The van der Waals surface area contributed by atoms with E-state index in [0.717, 1.165) is 12.7 Å². The minimum absolute atomic E-state index is 0.0655. The summed E-state index contributed by atoms with van der Waals surface area (Å²) in [7, 11) is -1.66. The van der Waals surface area contributed by atoms with E-state index in [2.05, 4.69) is 0 Å². The summed E-state index contributed by atoms with van der Waals surface area (Å²) in [4.78, 5) is 26.1. The fraction of sp³-hybridized carbons (Fsp3) is 0.833. The Morgan fingerprint density at radius 1 is 1.40 bits per heavy atom. The molecule has 0 aliphatic carbocycles. The van der Waals surface area contributed by atoms with Gasteiger partial charge in [0.15, 0.2) is 0 Å². The lowest BCUT2D eigenvalue weighted by atomic mass is 9.93. The smallest absolute Gasteiger partial charge is 0.326 e. The van der Waals surface area contributed by atoms with Crippen LogP contribution in [0.15, 0.2) is 0 Å². The monoisotopic (exact) mass is 306 g/mol. The average Bonchev–Trinajstić information content (AvgIpc) is 2.34. The first-order chi connectivity index (χ1) is 9.11. The number of carboxylic acid groups (broad SMARTS) is 1. The predicted molar refractivity (Wildman–Crippen MR) is 74.3 cm³/mol. The van der Waals surface area contributed by atoms with Crippen molar-refractivity contribution in [3.8, 4) is 0 Å². The number of likely N-dealkylation sites (tertiary alicyclic amines) is 1. The van der Waals surface area contributed by atoms with Crippen LogP contribution < -0.4 is 0 Å². The van der Waals surface area contributed by atoms with Gasteiger partial charge in [0.1, 0.15) is 15.9 Å². The second-order valence-corrected chi connectivity index (χ2v) is 7.77. The van der Waals surface area contributed by atoms with Gasteiger partial charge >= 0.3 is 12.0 Å². The summed E-state index contributed by atoms with van der Waals surface area (Å²) >= 11 is 0. The number of carbonyl (C=O) groups excluding carboxylic acids is 1. The zero-order chi connectivity index (χ0) is 15.5. The first-order valence-electron chi connectivity index (χ1n) is 6.54. The molecule has 0 aromatic rings. The average molecular weight is 306 g/mol. The van der Waals surface area contributed by atoms with Crippen molar-refractivity contribution in [2.45, 2.75) is 25.8 Å². The Morgan fingerprint density at radius 3 is 2.50 bits per heavy atom. The van der Waals surface area contributed by atoms with E-state index in [1.807, 2.05) is 6.92 Å². The summed E-state index contributed by atoms with van der Waals surface area (Å²) in [6.07, 6.45) is 2.30. The quantitative estimate of drug-likeness (QED) is 0.804. The molecule has 8 heteroatoms. The Hall–Kier alpha value is -1.31. The van der Waals surface area contributed by atoms with E-state index in [9.17, 15) is 23.1 Å². The van der Waals surface area contributed by atoms with Crippen LogP contribution in [0.4, 0.5) is 4.79 Å². The number of carboxylic acids is 1. The molecule has 7 nitrogen and oxygen atoms in total. The van der Waals surface area contributed by atoms with Crippen LogP contribution in [0.3, 0.4) is 0 Å². The van der Waals surface area contributed by atoms with Gasteiger partial charge in [-0.2, -0.15) is 0 Å². The number of urea groups is 1. The van der Waals surface area contributed by atoms with Crippen molar-refractivity contribution in [2.75, 3.05) is 32.1 Å². The Balaban J connectivity index is 2.71. The van der Waals surface area contributed by atoms with Gasteiger partial charge in [0.25, 0.3) is 0 Å². The van der Waals surface area contributed by atoms with Gasteiger partial charge in [0.2, 0.25) is 0 Å². The van der Waals surface area contributed by atoms with Crippen LogP contribution >= 0.6 is 0 Å². The number of hydrogen-bond donors (Lipinski definition) is 1. The molecule has 0 saturated carbocycles. The normalized spacial score (nSPS) is 23.4.